The Kier molecular flexibility index (Phi) is 3.70. The van der Waals surface area contributed by atoms with Crippen molar-refractivity contribution >= 4 is 27.5 Å². The molecule has 0 aliphatic rings. The van der Waals surface area contributed by atoms with Gasteiger partial charge in [0, 0.05) is 31.2 Å². The molecular weight excluding hydrogens is 336 g/mol. The molecule has 0 aromatic carbocycles. The van der Waals surface area contributed by atoms with Gasteiger partial charge >= 0.3 is 0 Å². The van der Waals surface area contributed by atoms with Gasteiger partial charge in [0.25, 0.3) is 5.91 Å². The molecule has 3 rings (SSSR count). The zero-order valence-corrected chi connectivity index (χ0v) is 12.9. The first-order valence-electron chi connectivity index (χ1n) is 6.47. The van der Waals surface area contributed by atoms with Crippen LogP contribution in [0.5, 0.6) is 0 Å². The number of hydrogen-bond acceptors (Lipinski definition) is 4. The van der Waals surface area contributed by atoms with Crippen molar-refractivity contribution in [3.05, 3.63) is 46.6 Å². The van der Waals surface area contributed by atoms with Gasteiger partial charge in [-0.25, -0.2) is 9.50 Å². The van der Waals surface area contributed by atoms with Crippen LogP contribution < -0.4 is 5.32 Å². The molecule has 0 atom stereocenters. The van der Waals surface area contributed by atoms with Gasteiger partial charge in [-0.3, -0.25) is 9.48 Å². The van der Waals surface area contributed by atoms with Crippen LogP contribution in [0.15, 0.2) is 35.2 Å². The third kappa shape index (κ3) is 2.80. The van der Waals surface area contributed by atoms with E-state index in [9.17, 15) is 4.79 Å². The van der Waals surface area contributed by atoms with E-state index in [0.29, 0.717) is 17.9 Å². The predicted octanol–water partition coefficient (Wildman–Crippen LogP) is 1.64. The molecular formula is C13H13BrN6O. The monoisotopic (exact) mass is 348 g/mol. The summed E-state index contributed by atoms with van der Waals surface area (Å²) in [5, 5.41) is 11.2. The van der Waals surface area contributed by atoms with Crippen LogP contribution >= 0.6 is 15.9 Å². The molecule has 1 amide bonds. The molecule has 0 saturated carbocycles. The lowest BCUT2D eigenvalue weighted by molar-refractivity contribution is 0.0944. The summed E-state index contributed by atoms with van der Waals surface area (Å²) in [6, 6.07) is 3.53. The second-order valence-corrected chi connectivity index (χ2v) is 5.34. The molecule has 3 aromatic rings. The molecule has 0 unspecified atom stereocenters. The van der Waals surface area contributed by atoms with Crippen molar-refractivity contribution in [2.24, 2.45) is 0 Å². The van der Waals surface area contributed by atoms with Gasteiger partial charge in [0.1, 0.15) is 0 Å². The summed E-state index contributed by atoms with van der Waals surface area (Å²) in [4.78, 5) is 16.3. The van der Waals surface area contributed by atoms with Gasteiger partial charge in [-0.2, -0.15) is 10.2 Å². The smallest absolute Gasteiger partial charge is 0.272 e. The Bertz CT molecular complexity index is 793. The first-order valence-corrected chi connectivity index (χ1v) is 7.26. The number of aryl methyl sites for hydroxylation is 1. The summed E-state index contributed by atoms with van der Waals surface area (Å²) in [5.74, 6) is -0.236. The molecule has 0 spiro atoms. The number of rotatable bonds is 4. The van der Waals surface area contributed by atoms with E-state index in [1.165, 1.54) is 0 Å². The highest BCUT2D eigenvalue weighted by molar-refractivity contribution is 9.10. The number of amides is 1. The SMILES string of the molecule is CCn1nccc1CNC(=O)c1cc2ncc(Br)cn2n1. The van der Waals surface area contributed by atoms with Crippen LogP contribution in [0.1, 0.15) is 23.1 Å². The number of halogens is 1. The Morgan fingerprint density at radius 1 is 1.48 bits per heavy atom. The van der Waals surface area contributed by atoms with Crippen molar-refractivity contribution < 1.29 is 4.79 Å². The van der Waals surface area contributed by atoms with E-state index in [2.05, 4.69) is 36.4 Å². The number of nitrogens with one attached hydrogen (secondary N) is 1. The van der Waals surface area contributed by atoms with E-state index in [0.717, 1.165) is 16.7 Å². The summed E-state index contributed by atoms with van der Waals surface area (Å²) in [6.45, 7) is 3.19. The molecule has 108 valence electrons. The fourth-order valence-electron chi connectivity index (χ4n) is 2.02. The van der Waals surface area contributed by atoms with Gasteiger partial charge < -0.3 is 5.32 Å². The lowest BCUT2D eigenvalue weighted by Gasteiger charge is -2.05. The lowest BCUT2D eigenvalue weighted by atomic mass is 10.3. The second-order valence-electron chi connectivity index (χ2n) is 4.43. The topological polar surface area (TPSA) is 77.1 Å². The van der Waals surface area contributed by atoms with Crippen molar-refractivity contribution in [1.82, 2.24) is 29.7 Å². The van der Waals surface area contributed by atoms with Crippen LogP contribution in [0.25, 0.3) is 5.65 Å². The summed E-state index contributed by atoms with van der Waals surface area (Å²) in [6.07, 6.45) is 5.14. The van der Waals surface area contributed by atoms with Crippen molar-refractivity contribution in [2.45, 2.75) is 20.0 Å². The second kappa shape index (κ2) is 5.65. The van der Waals surface area contributed by atoms with Crippen LogP contribution in [0.4, 0.5) is 0 Å². The maximum atomic E-state index is 12.1. The predicted molar refractivity (Wildman–Crippen MR) is 79.8 cm³/mol. The van der Waals surface area contributed by atoms with Gasteiger partial charge in [-0.05, 0) is 28.9 Å². The number of aromatic nitrogens is 5. The van der Waals surface area contributed by atoms with Crippen LogP contribution in [0.3, 0.4) is 0 Å². The lowest BCUT2D eigenvalue weighted by Crippen LogP contribution is -2.24. The minimum Gasteiger partial charge on any atom is -0.345 e. The van der Waals surface area contributed by atoms with E-state index in [1.807, 2.05) is 17.7 Å². The van der Waals surface area contributed by atoms with Crippen molar-refractivity contribution in [2.75, 3.05) is 0 Å². The van der Waals surface area contributed by atoms with Gasteiger partial charge in [-0.1, -0.05) is 0 Å². The van der Waals surface area contributed by atoms with Crippen molar-refractivity contribution in [1.29, 1.82) is 0 Å². The Morgan fingerprint density at radius 3 is 3.14 bits per heavy atom. The molecule has 8 heteroatoms. The average molecular weight is 349 g/mol. The Labute approximate surface area is 129 Å². The van der Waals surface area contributed by atoms with Gasteiger partial charge in [0.2, 0.25) is 0 Å². The van der Waals surface area contributed by atoms with Crippen molar-refractivity contribution in [3.8, 4) is 0 Å². The largest absolute Gasteiger partial charge is 0.345 e. The van der Waals surface area contributed by atoms with E-state index in [1.54, 1.807) is 29.2 Å². The summed E-state index contributed by atoms with van der Waals surface area (Å²) < 4.78 is 4.20. The third-order valence-electron chi connectivity index (χ3n) is 3.05. The van der Waals surface area contributed by atoms with E-state index >= 15 is 0 Å². The van der Waals surface area contributed by atoms with Crippen LogP contribution in [-0.2, 0) is 13.1 Å². The first-order chi connectivity index (χ1) is 10.2. The Hall–Kier alpha value is -2.22. The quantitative estimate of drug-likeness (QED) is 0.777. The summed E-state index contributed by atoms with van der Waals surface area (Å²) >= 11 is 3.32. The molecule has 0 aliphatic heterocycles. The molecule has 3 aromatic heterocycles. The number of fused-ring (bicyclic) bond motifs is 1. The molecule has 1 N–H and O–H groups in total. The highest BCUT2D eigenvalue weighted by Gasteiger charge is 2.12. The zero-order chi connectivity index (χ0) is 14.8. The normalized spacial score (nSPS) is 11.0. The Balaban J connectivity index is 1.75. The molecule has 0 saturated heterocycles. The fraction of sp³-hybridized carbons (Fsp3) is 0.231. The maximum absolute atomic E-state index is 12.1. The van der Waals surface area contributed by atoms with Crippen molar-refractivity contribution in [3.63, 3.8) is 0 Å². The molecule has 7 nitrogen and oxygen atoms in total. The highest BCUT2D eigenvalue weighted by atomic mass is 79.9. The highest BCUT2D eigenvalue weighted by Crippen LogP contribution is 2.10. The summed E-state index contributed by atoms with van der Waals surface area (Å²) in [7, 11) is 0. The minimum atomic E-state index is -0.236. The van der Waals surface area contributed by atoms with Crippen LogP contribution in [-0.4, -0.2) is 30.3 Å². The standard InChI is InChI=1S/C13H13BrN6O/c1-2-19-10(3-4-17-19)7-16-13(21)11-5-12-15-6-9(14)8-20(12)18-11/h3-6,8H,2,7H2,1H3,(H,16,21). The van der Waals surface area contributed by atoms with Gasteiger partial charge in [0.05, 0.1) is 16.7 Å². The van der Waals surface area contributed by atoms with E-state index in [4.69, 9.17) is 0 Å². The maximum Gasteiger partial charge on any atom is 0.272 e. The molecule has 0 aliphatic carbocycles. The molecule has 3 heterocycles. The Morgan fingerprint density at radius 2 is 2.33 bits per heavy atom. The molecule has 0 radical (unpaired) electrons. The van der Waals surface area contributed by atoms with Gasteiger partial charge in [-0.15, -0.1) is 0 Å². The average Bonchev–Trinajstić information content (AvgIpc) is 3.10. The van der Waals surface area contributed by atoms with E-state index < -0.39 is 0 Å². The number of carbonyl (C=O) groups is 1. The number of nitrogens with zero attached hydrogens (tertiary/aromatic N) is 5. The summed E-state index contributed by atoms with van der Waals surface area (Å²) in [5.41, 5.74) is 1.92. The first kappa shape index (κ1) is 13.7. The minimum absolute atomic E-state index is 0.236. The molecule has 21 heavy (non-hydrogen) atoms. The van der Waals surface area contributed by atoms with Gasteiger partial charge in [0.15, 0.2) is 11.3 Å². The van der Waals surface area contributed by atoms with E-state index in [-0.39, 0.29) is 5.91 Å². The van der Waals surface area contributed by atoms with Crippen LogP contribution in [0, 0.1) is 0 Å². The third-order valence-corrected chi connectivity index (χ3v) is 3.46. The number of carbonyl (C=O) groups excluding carboxylic acids is 1. The zero-order valence-electron chi connectivity index (χ0n) is 11.3. The molecule has 0 bridgehead atoms. The fourth-order valence-corrected chi connectivity index (χ4v) is 2.32. The molecule has 0 fully saturated rings. The van der Waals surface area contributed by atoms with Crippen LogP contribution in [0.2, 0.25) is 0 Å². The number of hydrogen-bond donors (Lipinski definition) is 1.